The Labute approximate surface area is 140 Å². The Morgan fingerprint density at radius 1 is 1.39 bits per heavy atom. The zero-order valence-electron chi connectivity index (χ0n) is 12.2. The molecule has 1 saturated carbocycles. The summed E-state index contributed by atoms with van der Waals surface area (Å²) in [6.07, 6.45) is 1.59. The van der Waals surface area contributed by atoms with Gasteiger partial charge in [-0.15, -0.1) is 0 Å². The van der Waals surface area contributed by atoms with Gasteiger partial charge in [0.15, 0.2) is 6.61 Å². The molecule has 1 aromatic rings. The summed E-state index contributed by atoms with van der Waals surface area (Å²) < 4.78 is 6.15. The highest BCUT2D eigenvalue weighted by atomic mass is 79.9. The van der Waals surface area contributed by atoms with Crippen molar-refractivity contribution in [3.63, 3.8) is 0 Å². The smallest absolute Gasteiger partial charge is 0.329 e. The number of amides is 2. The predicted molar refractivity (Wildman–Crippen MR) is 84.4 cm³/mol. The van der Waals surface area contributed by atoms with Gasteiger partial charge in [-0.05, 0) is 37.5 Å². The van der Waals surface area contributed by atoms with Crippen LogP contribution in [0.15, 0.2) is 22.7 Å². The molecule has 2 N–H and O–H groups in total. The minimum absolute atomic E-state index is 0.152. The number of rotatable bonds is 4. The number of halogens is 1. The maximum absolute atomic E-state index is 12.2. The van der Waals surface area contributed by atoms with Crippen molar-refractivity contribution in [2.24, 2.45) is 0 Å². The summed E-state index contributed by atoms with van der Waals surface area (Å²) >= 11 is 3.32. The average Bonchev–Trinajstić information content (AvgIpc) is 2.45. The molecule has 0 atom stereocenters. The fourth-order valence-electron chi connectivity index (χ4n) is 2.72. The lowest BCUT2D eigenvalue weighted by atomic mass is 9.77. The summed E-state index contributed by atoms with van der Waals surface area (Å²) in [6, 6.07) is 5.15. The van der Waals surface area contributed by atoms with Crippen molar-refractivity contribution in [2.75, 3.05) is 18.1 Å². The molecule has 122 valence electrons. The van der Waals surface area contributed by atoms with Gasteiger partial charge in [0.05, 0.1) is 5.69 Å². The zero-order chi connectivity index (χ0) is 16.6. The first kappa shape index (κ1) is 15.8. The van der Waals surface area contributed by atoms with E-state index in [9.17, 15) is 19.5 Å². The van der Waals surface area contributed by atoms with E-state index in [1.54, 1.807) is 18.2 Å². The number of fused-ring (bicyclic) bond motifs is 1. The predicted octanol–water partition coefficient (Wildman–Crippen LogP) is 1.30. The fourth-order valence-corrected chi connectivity index (χ4v) is 3.06. The molecule has 1 fully saturated rings. The van der Waals surface area contributed by atoms with Crippen LogP contribution in [-0.2, 0) is 14.4 Å². The lowest BCUT2D eigenvalue weighted by Crippen LogP contribution is -2.61. The van der Waals surface area contributed by atoms with Crippen LogP contribution in [0.4, 0.5) is 5.69 Å². The molecule has 1 aliphatic heterocycles. The van der Waals surface area contributed by atoms with Crippen LogP contribution in [0.2, 0.25) is 0 Å². The molecular weight excluding hydrogens is 368 g/mol. The number of hydrogen-bond donors (Lipinski definition) is 2. The second-order valence-corrected chi connectivity index (χ2v) is 6.59. The van der Waals surface area contributed by atoms with Crippen LogP contribution in [0.1, 0.15) is 19.3 Å². The zero-order valence-corrected chi connectivity index (χ0v) is 13.8. The average molecular weight is 383 g/mol. The molecule has 0 spiro atoms. The number of nitrogens with zero attached hydrogens (tertiary/aromatic N) is 1. The first-order valence-corrected chi connectivity index (χ1v) is 7.98. The van der Waals surface area contributed by atoms with Gasteiger partial charge < -0.3 is 15.2 Å². The maximum Gasteiger partial charge on any atom is 0.329 e. The molecule has 8 heteroatoms. The molecule has 1 aromatic carbocycles. The molecule has 0 unspecified atom stereocenters. The molecule has 7 nitrogen and oxygen atoms in total. The van der Waals surface area contributed by atoms with Crippen molar-refractivity contribution in [1.29, 1.82) is 0 Å². The molecule has 0 saturated heterocycles. The number of carbonyl (C=O) groups is 3. The van der Waals surface area contributed by atoms with E-state index in [0.717, 1.165) is 10.9 Å². The van der Waals surface area contributed by atoms with Gasteiger partial charge in [-0.3, -0.25) is 14.5 Å². The molecule has 1 aliphatic carbocycles. The topological polar surface area (TPSA) is 95.9 Å². The van der Waals surface area contributed by atoms with E-state index in [1.165, 1.54) is 4.90 Å². The maximum atomic E-state index is 12.2. The molecule has 3 rings (SSSR count). The molecule has 23 heavy (non-hydrogen) atoms. The van der Waals surface area contributed by atoms with E-state index in [0.29, 0.717) is 24.3 Å². The lowest BCUT2D eigenvalue weighted by molar-refractivity contribution is -0.151. The van der Waals surface area contributed by atoms with Gasteiger partial charge in [0.1, 0.15) is 17.8 Å². The van der Waals surface area contributed by atoms with Gasteiger partial charge in [0.25, 0.3) is 5.91 Å². The molecule has 2 aliphatic rings. The Morgan fingerprint density at radius 3 is 2.74 bits per heavy atom. The second kappa shape index (κ2) is 5.84. The van der Waals surface area contributed by atoms with Crippen LogP contribution in [0.5, 0.6) is 5.75 Å². The SMILES string of the molecule is O=C(CN1C(=O)COc2cc(Br)ccc21)NC1(C(=O)O)CCC1. The minimum atomic E-state index is -1.19. The normalized spacial score (nSPS) is 18.5. The van der Waals surface area contributed by atoms with Crippen LogP contribution in [0.25, 0.3) is 0 Å². The Hall–Kier alpha value is -2.09. The molecular formula is C15H15BrN2O5. The Balaban J connectivity index is 1.76. The standard InChI is InChI=1S/C15H15BrN2O5/c16-9-2-3-10-11(6-9)23-8-13(20)18(10)7-12(19)17-15(14(21)22)4-1-5-15/h2-3,6H,1,4-5,7-8H2,(H,17,19)(H,21,22). The summed E-state index contributed by atoms with van der Waals surface area (Å²) in [4.78, 5) is 36.9. The summed E-state index contributed by atoms with van der Waals surface area (Å²) in [5.41, 5.74) is -0.688. The van der Waals surface area contributed by atoms with E-state index in [2.05, 4.69) is 21.2 Å². The largest absolute Gasteiger partial charge is 0.482 e. The number of ether oxygens (including phenoxy) is 1. The summed E-state index contributed by atoms with van der Waals surface area (Å²) in [5.74, 6) is -1.36. The number of carbonyl (C=O) groups excluding carboxylic acids is 2. The number of nitrogens with one attached hydrogen (secondary N) is 1. The summed E-state index contributed by atoms with van der Waals surface area (Å²) in [5, 5.41) is 11.8. The molecule has 2 amide bonds. The third kappa shape index (κ3) is 2.90. The van der Waals surface area contributed by atoms with Gasteiger partial charge in [-0.25, -0.2) is 4.79 Å². The summed E-state index contributed by atoms with van der Waals surface area (Å²) in [7, 11) is 0. The Kier molecular flexibility index (Phi) is 4.01. The highest BCUT2D eigenvalue weighted by Crippen LogP contribution is 2.35. The van der Waals surface area contributed by atoms with E-state index < -0.39 is 17.4 Å². The number of anilines is 1. The Bertz CT molecular complexity index is 686. The molecule has 1 heterocycles. The molecule has 0 aromatic heterocycles. The number of benzene rings is 1. The highest BCUT2D eigenvalue weighted by molar-refractivity contribution is 9.10. The molecule has 0 bridgehead atoms. The van der Waals surface area contributed by atoms with Gasteiger partial charge >= 0.3 is 5.97 Å². The number of carboxylic acid groups (broad SMARTS) is 1. The van der Waals surface area contributed by atoms with Gasteiger partial charge in [-0.2, -0.15) is 0 Å². The minimum Gasteiger partial charge on any atom is -0.482 e. The quantitative estimate of drug-likeness (QED) is 0.817. The summed E-state index contributed by atoms with van der Waals surface area (Å²) in [6.45, 7) is -0.382. The number of aliphatic carboxylic acids is 1. The van der Waals surface area contributed by atoms with E-state index >= 15 is 0 Å². The van der Waals surface area contributed by atoms with Crippen molar-refractivity contribution in [3.05, 3.63) is 22.7 Å². The highest BCUT2D eigenvalue weighted by Gasteiger charge is 2.46. The van der Waals surface area contributed by atoms with Crippen molar-refractivity contribution in [3.8, 4) is 5.75 Å². The third-order valence-corrected chi connectivity index (χ3v) is 4.66. The lowest BCUT2D eigenvalue weighted by Gasteiger charge is -2.39. The monoisotopic (exact) mass is 382 g/mol. The molecule has 0 radical (unpaired) electrons. The Morgan fingerprint density at radius 2 is 2.13 bits per heavy atom. The van der Waals surface area contributed by atoms with Gasteiger partial charge in [0.2, 0.25) is 5.91 Å². The van der Waals surface area contributed by atoms with Crippen LogP contribution in [-0.4, -0.2) is 41.6 Å². The van der Waals surface area contributed by atoms with Crippen LogP contribution in [0.3, 0.4) is 0 Å². The van der Waals surface area contributed by atoms with Crippen molar-refractivity contribution < 1.29 is 24.2 Å². The second-order valence-electron chi connectivity index (χ2n) is 5.67. The number of hydrogen-bond acceptors (Lipinski definition) is 4. The van der Waals surface area contributed by atoms with E-state index in [4.69, 9.17) is 4.74 Å². The van der Waals surface area contributed by atoms with Gasteiger partial charge in [0, 0.05) is 4.47 Å². The van der Waals surface area contributed by atoms with Crippen LogP contribution in [0, 0.1) is 0 Å². The fraction of sp³-hybridized carbons (Fsp3) is 0.400. The van der Waals surface area contributed by atoms with Crippen molar-refractivity contribution in [1.82, 2.24) is 5.32 Å². The number of carboxylic acids is 1. The first-order chi connectivity index (χ1) is 10.9. The van der Waals surface area contributed by atoms with Crippen molar-refractivity contribution >= 4 is 39.4 Å². The van der Waals surface area contributed by atoms with Crippen molar-refractivity contribution in [2.45, 2.75) is 24.8 Å². The van der Waals surface area contributed by atoms with E-state index in [-0.39, 0.29) is 19.1 Å². The third-order valence-electron chi connectivity index (χ3n) is 4.16. The van der Waals surface area contributed by atoms with Crippen LogP contribution >= 0.6 is 15.9 Å². The van der Waals surface area contributed by atoms with Crippen LogP contribution < -0.4 is 15.0 Å². The first-order valence-electron chi connectivity index (χ1n) is 7.18. The van der Waals surface area contributed by atoms with Gasteiger partial charge in [-0.1, -0.05) is 15.9 Å². The van der Waals surface area contributed by atoms with E-state index in [1.807, 2.05) is 0 Å².